The van der Waals surface area contributed by atoms with Gasteiger partial charge in [0.2, 0.25) is 0 Å². The molecule has 0 aliphatic carbocycles. The first-order valence-corrected chi connectivity index (χ1v) is 8.21. The highest BCUT2D eigenvalue weighted by atomic mass is 32.2. The lowest BCUT2D eigenvalue weighted by molar-refractivity contribution is -0.0712. The van der Waals surface area contributed by atoms with E-state index in [0.717, 1.165) is 6.26 Å². The van der Waals surface area contributed by atoms with Crippen LogP contribution in [-0.2, 0) is 26.4 Å². The zero-order valence-electron chi connectivity index (χ0n) is 12.0. The van der Waals surface area contributed by atoms with Crippen molar-refractivity contribution < 1.29 is 22.1 Å². The number of aromatic nitrogens is 3. The molecule has 2 aromatic rings. The summed E-state index contributed by atoms with van der Waals surface area (Å²) in [5.74, 6) is -0.469. The van der Waals surface area contributed by atoms with Crippen LogP contribution in [0.2, 0.25) is 0 Å². The largest absolute Gasteiger partial charge is 0.380 e. The van der Waals surface area contributed by atoms with Crippen LogP contribution >= 0.6 is 0 Å². The Hall–Kier alpha value is -1.84. The third-order valence-electron chi connectivity index (χ3n) is 3.21. The molecule has 1 heterocycles. The molecule has 0 amide bonds. The molecule has 2 rings (SSSR count). The van der Waals surface area contributed by atoms with Gasteiger partial charge in [-0.1, -0.05) is 12.1 Å². The first kappa shape index (κ1) is 16.5. The van der Waals surface area contributed by atoms with E-state index in [1.165, 1.54) is 48.5 Å². The summed E-state index contributed by atoms with van der Waals surface area (Å²) in [4.78, 5) is 3.77. The zero-order valence-corrected chi connectivity index (χ0v) is 12.9. The third kappa shape index (κ3) is 3.87. The predicted octanol–water partition coefficient (Wildman–Crippen LogP) is 0.670. The first-order chi connectivity index (χ1) is 10.2. The van der Waals surface area contributed by atoms with Crippen LogP contribution in [0.25, 0.3) is 0 Å². The molecular weight excluding hydrogens is 313 g/mol. The predicted molar refractivity (Wildman–Crippen MR) is 75.7 cm³/mol. The summed E-state index contributed by atoms with van der Waals surface area (Å²) in [6.45, 7) is 1.32. The van der Waals surface area contributed by atoms with Crippen LogP contribution in [0.1, 0.15) is 12.5 Å². The Kier molecular flexibility index (Phi) is 4.59. The highest BCUT2D eigenvalue weighted by Gasteiger charge is 2.39. The fourth-order valence-electron chi connectivity index (χ4n) is 2.10. The molecule has 0 saturated carbocycles. The molecule has 0 aliphatic heterocycles. The normalized spacial score (nSPS) is 16.2. The number of hydrogen-bond acceptors (Lipinski definition) is 6. The van der Waals surface area contributed by atoms with Crippen molar-refractivity contribution >= 4 is 10.1 Å². The summed E-state index contributed by atoms with van der Waals surface area (Å²) in [5, 5.41) is 14.9. The topological polar surface area (TPSA) is 94.3 Å². The SMILES string of the molecule is C[C@H](OS(C)(=O)=O)[C@@](O)(Cn1cncn1)c1ccc(F)cc1. The van der Waals surface area contributed by atoms with Crippen LogP contribution in [-0.4, -0.2) is 40.6 Å². The smallest absolute Gasteiger partial charge is 0.264 e. The van der Waals surface area contributed by atoms with Gasteiger partial charge in [-0.05, 0) is 24.6 Å². The molecule has 22 heavy (non-hydrogen) atoms. The minimum absolute atomic E-state index is 0.102. The average molecular weight is 329 g/mol. The molecule has 2 atom stereocenters. The molecule has 0 aliphatic rings. The van der Waals surface area contributed by atoms with E-state index >= 15 is 0 Å². The Balaban J connectivity index is 2.40. The van der Waals surface area contributed by atoms with Gasteiger partial charge in [0, 0.05) is 0 Å². The van der Waals surface area contributed by atoms with E-state index in [1.54, 1.807) is 0 Å². The van der Waals surface area contributed by atoms with Gasteiger partial charge in [-0.25, -0.2) is 14.1 Å². The molecule has 120 valence electrons. The molecular formula is C13H16FN3O4S. The fourth-order valence-corrected chi connectivity index (χ4v) is 2.78. The molecule has 0 spiro atoms. The van der Waals surface area contributed by atoms with Crippen molar-refractivity contribution in [3.63, 3.8) is 0 Å². The third-order valence-corrected chi connectivity index (χ3v) is 3.84. The van der Waals surface area contributed by atoms with E-state index in [9.17, 15) is 17.9 Å². The standard InChI is InChI=1S/C13H16FN3O4S/c1-10(21-22(2,19)20)13(18,7-17-9-15-8-16-17)11-3-5-12(14)6-4-11/h3-6,8-10,18H,7H2,1-2H3/t10-,13-/m0/s1. The maximum Gasteiger partial charge on any atom is 0.264 e. The molecule has 1 aromatic carbocycles. The van der Waals surface area contributed by atoms with E-state index in [1.807, 2.05) is 0 Å². The summed E-state index contributed by atoms with van der Waals surface area (Å²) in [5.41, 5.74) is -1.43. The van der Waals surface area contributed by atoms with Gasteiger partial charge in [-0.2, -0.15) is 13.5 Å². The average Bonchev–Trinajstić information content (AvgIpc) is 2.90. The van der Waals surface area contributed by atoms with Crippen LogP contribution in [0.4, 0.5) is 4.39 Å². The molecule has 0 bridgehead atoms. The Labute approximate surface area is 127 Å². The van der Waals surface area contributed by atoms with Gasteiger partial charge in [0.1, 0.15) is 30.2 Å². The number of rotatable bonds is 6. The van der Waals surface area contributed by atoms with Gasteiger partial charge in [0.25, 0.3) is 10.1 Å². The summed E-state index contributed by atoms with van der Waals surface area (Å²) < 4.78 is 42.0. The van der Waals surface area contributed by atoms with Gasteiger partial charge < -0.3 is 5.11 Å². The Morgan fingerprint density at radius 3 is 2.55 bits per heavy atom. The van der Waals surface area contributed by atoms with Crippen molar-refractivity contribution in [1.29, 1.82) is 0 Å². The van der Waals surface area contributed by atoms with Gasteiger partial charge in [-0.15, -0.1) is 0 Å². The van der Waals surface area contributed by atoms with Crippen LogP contribution < -0.4 is 0 Å². The highest BCUT2D eigenvalue weighted by molar-refractivity contribution is 7.86. The highest BCUT2D eigenvalue weighted by Crippen LogP contribution is 2.30. The molecule has 0 unspecified atom stereocenters. The number of aliphatic hydroxyl groups is 1. The van der Waals surface area contributed by atoms with E-state index in [-0.39, 0.29) is 6.54 Å². The molecule has 0 radical (unpaired) electrons. The minimum Gasteiger partial charge on any atom is -0.380 e. The van der Waals surface area contributed by atoms with Crippen molar-refractivity contribution in [3.8, 4) is 0 Å². The summed E-state index contributed by atoms with van der Waals surface area (Å²) in [7, 11) is -3.78. The van der Waals surface area contributed by atoms with Crippen LogP contribution in [0, 0.1) is 5.82 Å². The van der Waals surface area contributed by atoms with Crippen molar-refractivity contribution in [2.24, 2.45) is 0 Å². The summed E-state index contributed by atoms with van der Waals surface area (Å²) in [6, 6.07) is 5.09. The Morgan fingerprint density at radius 2 is 2.05 bits per heavy atom. The maximum atomic E-state index is 13.1. The first-order valence-electron chi connectivity index (χ1n) is 6.40. The summed E-state index contributed by atoms with van der Waals surface area (Å²) in [6.07, 6.45) is 2.44. The lowest BCUT2D eigenvalue weighted by atomic mass is 9.89. The number of benzene rings is 1. The second-order valence-corrected chi connectivity index (χ2v) is 6.57. The van der Waals surface area contributed by atoms with Crippen LogP contribution in [0.15, 0.2) is 36.9 Å². The van der Waals surface area contributed by atoms with Gasteiger partial charge >= 0.3 is 0 Å². The molecule has 0 fully saturated rings. The number of nitrogens with zero attached hydrogens (tertiary/aromatic N) is 3. The Morgan fingerprint density at radius 1 is 1.41 bits per heavy atom. The monoisotopic (exact) mass is 329 g/mol. The maximum absolute atomic E-state index is 13.1. The van der Waals surface area contributed by atoms with Crippen LogP contribution in [0.5, 0.6) is 0 Å². The zero-order chi connectivity index (χ0) is 16.4. The fraction of sp³-hybridized carbons (Fsp3) is 0.385. The van der Waals surface area contributed by atoms with Gasteiger partial charge in [0.15, 0.2) is 0 Å². The lowest BCUT2D eigenvalue weighted by Crippen LogP contribution is -2.44. The van der Waals surface area contributed by atoms with Crippen molar-refractivity contribution in [3.05, 3.63) is 48.3 Å². The van der Waals surface area contributed by atoms with Gasteiger partial charge in [0.05, 0.1) is 12.8 Å². The lowest BCUT2D eigenvalue weighted by Gasteiger charge is -2.33. The molecule has 1 aromatic heterocycles. The molecule has 7 nitrogen and oxygen atoms in total. The number of hydrogen-bond donors (Lipinski definition) is 1. The van der Waals surface area contributed by atoms with E-state index in [0.29, 0.717) is 5.56 Å². The minimum atomic E-state index is -3.78. The van der Waals surface area contributed by atoms with E-state index < -0.39 is 27.6 Å². The molecule has 9 heteroatoms. The van der Waals surface area contributed by atoms with Gasteiger partial charge in [-0.3, -0.25) is 4.18 Å². The van der Waals surface area contributed by atoms with Crippen molar-refractivity contribution in [2.75, 3.05) is 6.26 Å². The number of halogens is 1. The van der Waals surface area contributed by atoms with Crippen molar-refractivity contribution in [2.45, 2.75) is 25.2 Å². The summed E-state index contributed by atoms with van der Waals surface area (Å²) >= 11 is 0. The second kappa shape index (κ2) is 6.11. The van der Waals surface area contributed by atoms with E-state index in [2.05, 4.69) is 10.1 Å². The molecule has 1 N–H and O–H groups in total. The van der Waals surface area contributed by atoms with Crippen molar-refractivity contribution in [1.82, 2.24) is 14.8 Å². The Bertz CT molecular complexity index is 718. The van der Waals surface area contributed by atoms with Crippen LogP contribution in [0.3, 0.4) is 0 Å². The molecule has 0 saturated heterocycles. The second-order valence-electron chi connectivity index (χ2n) is 4.97. The van der Waals surface area contributed by atoms with E-state index in [4.69, 9.17) is 4.18 Å². The quantitative estimate of drug-likeness (QED) is 0.783.